The fourth-order valence-electron chi connectivity index (χ4n) is 2.70. The van der Waals surface area contributed by atoms with Crippen molar-refractivity contribution in [2.75, 3.05) is 12.4 Å². The predicted octanol–water partition coefficient (Wildman–Crippen LogP) is 2.13. The summed E-state index contributed by atoms with van der Waals surface area (Å²) in [5.74, 6) is 5.42. The van der Waals surface area contributed by atoms with E-state index in [4.69, 9.17) is 17.4 Å². The average molecular weight is 380 g/mol. The smallest absolute Gasteiger partial charge is 0.265 e. The lowest BCUT2D eigenvalue weighted by molar-refractivity contribution is 0.0954. The Hall–Kier alpha value is -3.22. The second-order valence-corrected chi connectivity index (χ2v) is 6.20. The molecule has 0 aliphatic rings. The number of hydrazine groups is 1. The van der Waals surface area contributed by atoms with Gasteiger partial charge in [0.05, 0.1) is 5.52 Å². The van der Waals surface area contributed by atoms with Crippen molar-refractivity contribution in [3.8, 4) is 0 Å². The zero-order valence-electron chi connectivity index (χ0n) is 14.7. The number of anilines is 2. The number of nitrogens with two attached hydrogens (primary N) is 1. The van der Waals surface area contributed by atoms with E-state index in [1.54, 1.807) is 43.6 Å². The highest BCUT2D eigenvalue weighted by Crippen LogP contribution is 2.18. The van der Waals surface area contributed by atoms with E-state index in [9.17, 15) is 4.79 Å². The van der Waals surface area contributed by atoms with Crippen LogP contribution in [0.25, 0.3) is 23.6 Å². The minimum absolute atomic E-state index is 0.387. The minimum atomic E-state index is -0.387. The van der Waals surface area contributed by atoms with Gasteiger partial charge in [0, 0.05) is 40.1 Å². The normalized spacial score (nSPS) is 11.9. The van der Waals surface area contributed by atoms with Crippen molar-refractivity contribution in [2.45, 2.75) is 0 Å². The van der Waals surface area contributed by atoms with Crippen LogP contribution in [0.3, 0.4) is 0 Å². The molecule has 0 atom stereocenters. The van der Waals surface area contributed by atoms with E-state index in [0.717, 1.165) is 21.5 Å². The Kier molecular flexibility index (Phi) is 5.49. The van der Waals surface area contributed by atoms with Gasteiger partial charge in [-0.1, -0.05) is 30.3 Å². The van der Waals surface area contributed by atoms with Gasteiger partial charge in [0.25, 0.3) is 5.91 Å². The number of amides is 1. The van der Waals surface area contributed by atoms with E-state index in [-0.39, 0.29) is 5.91 Å². The van der Waals surface area contributed by atoms with E-state index in [1.807, 2.05) is 18.2 Å². The molecule has 7 heteroatoms. The molecule has 0 fully saturated rings. The number of nitrogens with one attached hydrogen (secondary N) is 2. The van der Waals surface area contributed by atoms with Crippen molar-refractivity contribution in [1.29, 1.82) is 0 Å². The van der Waals surface area contributed by atoms with Crippen LogP contribution < -0.4 is 27.0 Å². The van der Waals surface area contributed by atoms with Crippen molar-refractivity contribution in [1.82, 2.24) is 10.4 Å². The summed E-state index contributed by atoms with van der Waals surface area (Å²) in [5.41, 5.74) is 3.95. The second kappa shape index (κ2) is 7.99. The van der Waals surface area contributed by atoms with Crippen LogP contribution in [0.5, 0.6) is 0 Å². The number of hydrogen-bond donors (Lipinski definition) is 3. The van der Waals surface area contributed by atoms with Gasteiger partial charge in [-0.2, -0.15) is 0 Å². The Morgan fingerprint density at radius 3 is 2.81 bits per heavy atom. The number of nitrogen functional groups attached to an aromatic ring is 1. The molecule has 0 spiro atoms. The van der Waals surface area contributed by atoms with E-state index in [2.05, 4.69) is 27.3 Å². The maximum Gasteiger partial charge on any atom is 0.265 e. The van der Waals surface area contributed by atoms with Crippen molar-refractivity contribution >= 4 is 58.8 Å². The Labute approximate surface area is 161 Å². The van der Waals surface area contributed by atoms with Crippen molar-refractivity contribution in [2.24, 2.45) is 10.8 Å². The molecule has 1 amide bonds. The van der Waals surface area contributed by atoms with Gasteiger partial charge < -0.3 is 5.32 Å². The number of pyridine rings is 1. The van der Waals surface area contributed by atoms with Crippen molar-refractivity contribution in [3.05, 3.63) is 63.5 Å². The number of carbonyl (C=O) groups excluding carboxylic acids is 1. The quantitative estimate of drug-likeness (QED) is 0.280. The first-order valence-corrected chi connectivity index (χ1v) is 8.50. The molecule has 4 N–H and O–H groups in total. The van der Waals surface area contributed by atoms with Crippen molar-refractivity contribution in [3.63, 3.8) is 0 Å². The first kappa shape index (κ1) is 18.6. The standard InChI is InChI=1S/C20H18ClN5O/c1-12-16-7-6-13(20(27)26-22)10-18(16)25-19(17(12)8-9-23-2)24-15-5-3-4-14(21)11-15/h3-11H,1,22H2,2H3,(H,24,25)(H,26,27)/b17-8+,23-9?. The maximum atomic E-state index is 11.8. The van der Waals surface area contributed by atoms with Gasteiger partial charge in [-0.3, -0.25) is 15.2 Å². The number of halogens is 1. The molecule has 1 heterocycles. The number of aromatic nitrogens is 1. The Morgan fingerprint density at radius 1 is 1.30 bits per heavy atom. The summed E-state index contributed by atoms with van der Waals surface area (Å²) in [4.78, 5) is 20.5. The van der Waals surface area contributed by atoms with Gasteiger partial charge in [-0.05, 0) is 41.6 Å². The van der Waals surface area contributed by atoms with Crippen LogP contribution in [0.15, 0.2) is 47.5 Å². The zero-order valence-corrected chi connectivity index (χ0v) is 15.4. The fourth-order valence-corrected chi connectivity index (χ4v) is 2.89. The summed E-state index contributed by atoms with van der Waals surface area (Å²) in [5, 5.41) is 6.27. The largest absolute Gasteiger partial charge is 0.340 e. The van der Waals surface area contributed by atoms with E-state index in [0.29, 0.717) is 21.9 Å². The molecule has 27 heavy (non-hydrogen) atoms. The molecule has 2 aromatic carbocycles. The van der Waals surface area contributed by atoms with Gasteiger partial charge in [-0.15, -0.1) is 0 Å². The van der Waals surface area contributed by atoms with Crippen LogP contribution in [0.1, 0.15) is 10.4 Å². The van der Waals surface area contributed by atoms with Crippen LogP contribution in [0.2, 0.25) is 5.02 Å². The Bertz CT molecular complexity index is 1160. The molecule has 1 aromatic heterocycles. The lowest BCUT2D eigenvalue weighted by atomic mass is 10.1. The highest BCUT2D eigenvalue weighted by molar-refractivity contribution is 6.30. The van der Waals surface area contributed by atoms with E-state index < -0.39 is 0 Å². The van der Waals surface area contributed by atoms with E-state index in [1.165, 1.54) is 0 Å². The van der Waals surface area contributed by atoms with Gasteiger partial charge in [0.15, 0.2) is 0 Å². The number of benzene rings is 2. The highest BCUT2D eigenvalue weighted by atomic mass is 35.5. The van der Waals surface area contributed by atoms with Crippen LogP contribution in [-0.4, -0.2) is 24.2 Å². The van der Waals surface area contributed by atoms with Gasteiger partial charge in [0.1, 0.15) is 5.82 Å². The van der Waals surface area contributed by atoms with Crippen LogP contribution >= 0.6 is 11.6 Å². The molecular weight excluding hydrogens is 362 g/mol. The van der Waals surface area contributed by atoms with Crippen LogP contribution in [0.4, 0.5) is 11.5 Å². The molecule has 0 saturated carbocycles. The molecule has 136 valence electrons. The highest BCUT2D eigenvalue weighted by Gasteiger charge is 2.09. The first-order valence-electron chi connectivity index (χ1n) is 8.12. The molecule has 0 radical (unpaired) electrons. The lowest BCUT2D eigenvalue weighted by Gasteiger charge is -2.10. The van der Waals surface area contributed by atoms with E-state index >= 15 is 0 Å². The monoisotopic (exact) mass is 379 g/mol. The first-order chi connectivity index (χ1) is 13.0. The molecule has 3 aromatic rings. The molecular formula is C20H18ClN5O. The third kappa shape index (κ3) is 3.97. The number of aliphatic imine (C=N–C) groups is 1. The maximum absolute atomic E-state index is 11.8. The molecule has 0 bridgehead atoms. The van der Waals surface area contributed by atoms with Crippen LogP contribution in [0, 0.1) is 0 Å². The molecule has 0 unspecified atom stereocenters. The summed E-state index contributed by atoms with van der Waals surface area (Å²) >= 11 is 6.07. The molecule has 3 rings (SSSR count). The zero-order chi connectivity index (χ0) is 19.4. The number of carbonyl (C=O) groups is 1. The minimum Gasteiger partial charge on any atom is -0.340 e. The molecule has 0 aliphatic heterocycles. The van der Waals surface area contributed by atoms with Gasteiger partial charge in [0.2, 0.25) is 0 Å². The van der Waals surface area contributed by atoms with Crippen molar-refractivity contribution < 1.29 is 4.79 Å². The summed E-state index contributed by atoms with van der Waals surface area (Å²) in [7, 11) is 1.69. The summed E-state index contributed by atoms with van der Waals surface area (Å²) in [6, 6.07) is 12.5. The number of nitrogens with zero attached hydrogens (tertiary/aromatic N) is 2. The van der Waals surface area contributed by atoms with Crippen LogP contribution in [-0.2, 0) is 0 Å². The van der Waals surface area contributed by atoms with Gasteiger partial charge in [-0.25, -0.2) is 10.8 Å². The average Bonchev–Trinajstić information content (AvgIpc) is 2.66. The number of rotatable bonds is 4. The van der Waals surface area contributed by atoms with Gasteiger partial charge >= 0.3 is 0 Å². The predicted molar refractivity (Wildman–Crippen MR) is 112 cm³/mol. The lowest BCUT2D eigenvalue weighted by Crippen LogP contribution is -2.31. The fraction of sp³-hybridized carbons (Fsp3) is 0.0500. The molecule has 0 saturated heterocycles. The summed E-state index contributed by atoms with van der Waals surface area (Å²) in [6.45, 7) is 4.19. The second-order valence-electron chi connectivity index (χ2n) is 5.77. The Balaban J connectivity index is 2.24. The third-order valence-corrected chi connectivity index (χ3v) is 4.24. The molecule has 6 nitrogen and oxygen atoms in total. The third-order valence-electron chi connectivity index (χ3n) is 4.01. The Morgan fingerprint density at radius 2 is 2.11 bits per heavy atom. The SMILES string of the molecule is C=c1/c(=C\C=NC)c(Nc2cccc(Cl)c2)nc2cc(C(=O)NN)ccc12. The topological polar surface area (TPSA) is 92.4 Å². The summed E-state index contributed by atoms with van der Waals surface area (Å²) in [6.07, 6.45) is 3.51. The summed E-state index contributed by atoms with van der Waals surface area (Å²) < 4.78 is 0. The number of hydrogen-bond acceptors (Lipinski definition) is 5. The molecule has 0 aliphatic carbocycles. The number of fused-ring (bicyclic) bond motifs is 1.